The second-order valence-electron chi connectivity index (χ2n) is 8.12. The molecule has 12 heteroatoms. The molecule has 3 aromatic heterocycles. The topological polar surface area (TPSA) is 95.3 Å². The van der Waals surface area contributed by atoms with Crippen LogP contribution in [0.3, 0.4) is 0 Å². The van der Waals surface area contributed by atoms with Crippen molar-refractivity contribution in [3.8, 4) is 17.0 Å². The number of aromatic nitrogens is 5. The number of hydrogen-bond donors (Lipinski definition) is 2. The van der Waals surface area contributed by atoms with Gasteiger partial charge in [-0.05, 0) is 25.1 Å². The van der Waals surface area contributed by atoms with Gasteiger partial charge in [0.1, 0.15) is 17.6 Å². The molecule has 0 aliphatic carbocycles. The van der Waals surface area contributed by atoms with Crippen LogP contribution in [0.1, 0.15) is 28.6 Å². The van der Waals surface area contributed by atoms with E-state index in [2.05, 4.69) is 20.4 Å². The quantitative estimate of drug-likeness (QED) is 0.428. The largest absolute Gasteiger partial charge is 0.493 e. The maximum absolute atomic E-state index is 14.5. The van der Waals surface area contributed by atoms with E-state index in [4.69, 9.17) is 10.5 Å². The number of imidazole rings is 1. The summed E-state index contributed by atoms with van der Waals surface area (Å²) in [5.74, 6) is 0.418. The minimum atomic E-state index is -4.67. The molecule has 1 unspecified atom stereocenters. The van der Waals surface area contributed by atoms with E-state index in [0.29, 0.717) is 35.6 Å². The van der Waals surface area contributed by atoms with Gasteiger partial charge in [0.05, 0.1) is 29.3 Å². The molecule has 0 fully saturated rings. The second kappa shape index (κ2) is 7.97. The first-order valence-electron chi connectivity index (χ1n) is 10.5. The smallest absolute Gasteiger partial charge is 0.409 e. The summed E-state index contributed by atoms with van der Waals surface area (Å²) in [4.78, 5) is 8.60. The van der Waals surface area contributed by atoms with Crippen molar-refractivity contribution >= 4 is 11.6 Å². The Morgan fingerprint density at radius 1 is 1.29 bits per heavy atom. The molecule has 178 valence electrons. The molecule has 4 heterocycles. The van der Waals surface area contributed by atoms with Crippen molar-refractivity contribution in [2.24, 2.45) is 12.8 Å². The van der Waals surface area contributed by atoms with Gasteiger partial charge in [0, 0.05) is 43.5 Å². The number of nitrogens with one attached hydrogen (secondary N) is 1. The SMILES string of the molecule is Cc1cc(-c2cnc(NCc3c(F)ccc4c3CCO4)n3cc(C(N)C(F)(F)F)nc23)n(C)n1. The van der Waals surface area contributed by atoms with E-state index in [1.165, 1.54) is 22.9 Å². The van der Waals surface area contributed by atoms with E-state index in [1.54, 1.807) is 30.8 Å². The van der Waals surface area contributed by atoms with Gasteiger partial charge in [-0.1, -0.05) is 0 Å². The number of rotatable bonds is 5. The van der Waals surface area contributed by atoms with Crippen molar-refractivity contribution in [1.82, 2.24) is 24.1 Å². The average Bonchev–Trinajstić information content (AvgIpc) is 3.50. The Morgan fingerprint density at radius 3 is 2.79 bits per heavy atom. The highest BCUT2D eigenvalue weighted by Crippen LogP contribution is 2.34. The van der Waals surface area contributed by atoms with Crippen molar-refractivity contribution in [1.29, 1.82) is 0 Å². The van der Waals surface area contributed by atoms with Crippen LogP contribution in [-0.4, -0.2) is 36.9 Å². The molecule has 0 spiro atoms. The van der Waals surface area contributed by atoms with Gasteiger partial charge in [0.25, 0.3) is 0 Å². The van der Waals surface area contributed by atoms with Crippen molar-refractivity contribution < 1.29 is 22.3 Å². The van der Waals surface area contributed by atoms with Gasteiger partial charge in [-0.15, -0.1) is 0 Å². The summed E-state index contributed by atoms with van der Waals surface area (Å²) in [5.41, 5.74) is 8.31. The van der Waals surface area contributed by atoms with E-state index in [1.807, 2.05) is 0 Å². The highest BCUT2D eigenvalue weighted by molar-refractivity contribution is 5.76. The Morgan fingerprint density at radius 2 is 2.09 bits per heavy atom. The maximum Gasteiger partial charge on any atom is 0.409 e. The molecule has 1 atom stereocenters. The lowest BCUT2D eigenvalue weighted by Gasteiger charge is -2.13. The van der Waals surface area contributed by atoms with Gasteiger partial charge in [0.15, 0.2) is 5.65 Å². The highest BCUT2D eigenvalue weighted by Gasteiger charge is 2.40. The number of aryl methyl sites for hydroxylation is 2. The number of fused-ring (bicyclic) bond motifs is 2. The first kappa shape index (κ1) is 22.1. The maximum atomic E-state index is 14.5. The molecular weight excluding hydrogens is 454 g/mol. The minimum Gasteiger partial charge on any atom is -0.493 e. The Labute approximate surface area is 191 Å². The van der Waals surface area contributed by atoms with E-state index >= 15 is 0 Å². The number of anilines is 1. The Bertz CT molecular complexity index is 1390. The van der Waals surface area contributed by atoms with Crippen LogP contribution in [0.5, 0.6) is 5.75 Å². The van der Waals surface area contributed by atoms with Gasteiger partial charge < -0.3 is 15.8 Å². The molecule has 1 aliphatic heterocycles. The number of nitrogens with two attached hydrogens (primary N) is 1. The van der Waals surface area contributed by atoms with Crippen LogP contribution in [0.25, 0.3) is 16.9 Å². The van der Waals surface area contributed by atoms with Gasteiger partial charge in [-0.25, -0.2) is 14.4 Å². The lowest BCUT2D eigenvalue weighted by molar-refractivity contribution is -0.149. The number of alkyl halides is 3. The van der Waals surface area contributed by atoms with Crippen molar-refractivity contribution in [2.75, 3.05) is 11.9 Å². The molecule has 0 amide bonds. The molecule has 0 radical (unpaired) electrons. The Kier molecular flexibility index (Phi) is 5.19. The summed E-state index contributed by atoms with van der Waals surface area (Å²) in [6.07, 6.45) is -1.40. The lowest BCUT2D eigenvalue weighted by atomic mass is 10.0. The second-order valence-corrected chi connectivity index (χ2v) is 8.12. The highest BCUT2D eigenvalue weighted by atomic mass is 19.4. The van der Waals surface area contributed by atoms with Gasteiger partial charge in [-0.3, -0.25) is 9.08 Å². The van der Waals surface area contributed by atoms with Crippen LogP contribution >= 0.6 is 0 Å². The summed E-state index contributed by atoms with van der Waals surface area (Å²) in [5, 5.41) is 7.33. The lowest BCUT2D eigenvalue weighted by Crippen LogP contribution is -2.28. The van der Waals surface area contributed by atoms with Crippen molar-refractivity contribution in [3.05, 3.63) is 58.9 Å². The molecular formula is C22H21F4N7O. The zero-order valence-corrected chi connectivity index (χ0v) is 18.3. The monoisotopic (exact) mass is 475 g/mol. The van der Waals surface area contributed by atoms with E-state index in [9.17, 15) is 17.6 Å². The molecule has 0 saturated heterocycles. The van der Waals surface area contributed by atoms with Crippen molar-refractivity contribution in [2.45, 2.75) is 32.1 Å². The standard InChI is InChI=1S/C22H21F4N7O/c1-11-7-17(32(2)31-11)14-9-29-21(33-10-16(30-20(14)33)19(27)22(24,25)26)28-8-13-12-5-6-34-18(12)4-3-15(13)23/h3-4,7,9-10,19H,5-6,8,27H2,1-2H3,(H,28,29). The summed E-state index contributed by atoms with van der Waals surface area (Å²) in [6.45, 7) is 2.33. The molecule has 1 aromatic carbocycles. The zero-order chi connectivity index (χ0) is 24.2. The first-order valence-corrected chi connectivity index (χ1v) is 10.5. The zero-order valence-electron chi connectivity index (χ0n) is 18.3. The van der Waals surface area contributed by atoms with Gasteiger partial charge >= 0.3 is 6.18 Å². The van der Waals surface area contributed by atoms with E-state index in [0.717, 1.165) is 11.3 Å². The van der Waals surface area contributed by atoms with Crippen molar-refractivity contribution in [3.63, 3.8) is 0 Å². The Balaban J connectivity index is 1.59. The predicted octanol–water partition coefficient (Wildman–Crippen LogP) is 3.69. The molecule has 8 nitrogen and oxygen atoms in total. The third-order valence-electron chi connectivity index (χ3n) is 5.82. The summed E-state index contributed by atoms with van der Waals surface area (Å²) >= 11 is 0. The minimum absolute atomic E-state index is 0.0590. The number of ether oxygens (including phenoxy) is 1. The summed E-state index contributed by atoms with van der Waals surface area (Å²) in [6, 6.07) is 2.43. The van der Waals surface area contributed by atoms with Crippen LogP contribution in [0.2, 0.25) is 0 Å². The molecule has 0 bridgehead atoms. The van der Waals surface area contributed by atoms with E-state index in [-0.39, 0.29) is 23.8 Å². The normalized spacial score (nSPS) is 14.3. The first-order chi connectivity index (χ1) is 16.1. The number of hydrogen-bond acceptors (Lipinski definition) is 6. The van der Waals surface area contributed by atoms with Gasteiger partial charge in [-0.2, -0.15) is 18.3 Å². The molecule has 0 saturated carbocycles. The molecule has 1 aliphatic rings. The number of benzene rings is 1. The van der Waals surface area contributed by atoms with Crippen LogP contribution in [0.15, 0.2) is 30.6 Å². The molecule has 3 N–H and O–H groups in total. The summed E-state index contributed by atoms with van der Waals surface area (Å²) < 4.78 is 63.0. The van der Waals surface area contributed by atoms with Crippen LogP contribution in [0.4, 0.5) is 23.5 Å². The van der Waals surface area contributed by atoms with E-state index < -0.39 is 18.0 Å². The van der Waals surface area contributed by atoms with Gasteiger partial charge in [0.2, 0.25) is 5.95 Å². The van der Waals surface area contributed by atoms with Crippen LogP contribution in [-0.2, 0) is 20.0 Å². The number of nitrogens with zero attached hydrogens (tertiary/aromatic N) is 5. The fraction of sp³-hybridized carbons (Fsp3) is 0.318. The third kappa shape index (κ3) is 3.73. The Hall–Kier alpha value is -3.67. The summed E-state index contributed by atoms with van der Waals surface area (Å²) in [7, 11) is 1.72. The molecule has 34 heavy (non-hydrogen) atoms. The number of halogens is 4. The average molecular weight is 475 g/mol. The molecule has 4 aromatic rings. The fourth-order valence-corrected chi connectivity index (χ4v) is 4.16. The predicted molar refractivity (Wildman–Crippen MR) is 116 cm³/mol. The van der Waals surface area contributed by atoms with Crippen LogP contribution in [0, 0.1) is 12.7 Å². The fourth-order valence-electron chi connectivity index (χ4n) is 4.16. The van der Waals surface area contributed by atoms with Crippen LogP contribution < -0.4 is 15.8 Å². The third-order valence-corrected chi connectivity index (χ3v) is 5.82. The molecule has 5 rings (SSSR count).